The third-order valence-corrected chi connectivity index (χ3v) is 5.09. The van der Waals surface area contributed by atoms with Crippen LogP contribution in [0, 0.1) is 0 Å². The lowest BCUT2D eigenvalue weighted by atomic mass is 10.1. The topological polar surface area (TPSA) is 98.2 Å². The van der Waals surface area contributed by atoms with E-state index in [4.69, 9.17) is 10.9 Å². The maximum absolute atomic E-state index is 11.4. The maximum Gasteiger partial charge on any atom is 0.240 e. The molecular weight excluding hydrogens is 306 g/mol. The van der Waals surface area contributed by atoms with Gasteiger partial charge in [-0.3, -0.25) is 0 Å². The average molecular weight is 325 g/mol. The van der Waals surface area contributed by atoms with Gasteiger partial charge in [0.15, 0.2) is 0 Å². The monoisotopic (exact) mass is 325 g/mol. The van der Waals surface area contributed by atoms with Gasteiger partial charge in [-0.2, -0.15) is 0 Å². The van der Waals surface area contributed by atoms with Crippen molar-refractivity contribution in [3.63, 3.8) is 0 Å². The van der Waals surface area contributed by atoms with Crippen molar-refractivity contribution in [1.82, 2.24) is 0 Å². The molecule has 0 aliphatic rings. The molecule has 7 heteroatoms. The normalized spacial score (nSPS) is 13.0. The summed E-state index contributed by atoms with van der Waals surface area (Å²) in [5.41, 5.74) is 6.72. The highest BCUT2D eigenvalue weighted by atomic mass is 32.2. The van der Waals surface area contributed by atoms with Crippen LogP contribution in [-0.2, 0) is 10.0 Å². The molecule has 0 saturated carbocycles. The standard InChI is InChI=1S/C14H19N3O2S2/c1-2-4-12(13-5-3-8-20-13)17-10-6-7-14(11(15)9-10)21(16,18)19/h3,5-9,12,17H,2,4,15H2,1H3,(H2,16,18,19). The Morgan fingerprint density at radius 1 is 1.33 bits per heavy atom. The van der Waals surface area contributed by atoms with E-state index in [1.165, 1.54) is 10.9 Å². The van der Waals surface area contributed by atoms with Crippen LogP contribution in [0.3, 0.4) is 0 Å². The number of thiophene rings is 1. The van der Waals surface area contributed by atoms with Gasteiger partial charge in [0.25, 0.3) is 0 Å². The number of primary sulfonamides is 1. The second-order valence-electron chi connectivity index (χ2n) is 4.80. The van der Waals surface area contributed by atoms with Gasteiger partial charge in [-0.1, -0.05) is 19.4 Å². The Morgan fingerprint density at radius 3 is 2.62 bits per heavy atom. The van der Waals surface area contributed by atoms with E-state index in [-0.39, 0.29) is 16.6 Å². The highest BCUT2D eigenvalue weighted by Gasteiger charge is 2.15. The van der Waals surface area contributed by atoms with Crippen molar-refractivity contribution in [3.8, 4) is 0 Å². The predicted molar refractivity (Wildman–Crippen MR) is 87.8 cm³/mol. The third kappa shape index (κ3) is 3.96. The van der Waals surface area contributed by atoms with Crippen LogP contribution in [-0.4, -0.2) is 8.42 Å². The second kappa shape index (κ2) is 6.46. The van der Waals surface area contributed by atoms with Crippen molar-refractivity contribution in [2.45, 2.75) is 30.7 Å². The van der Waals surface area contributed by atoms with Crippen LogP contribution < -0.4 is 16.2 Å². The Hall–Kier alpha value is -1.57. The predicted octanol–water partition coefficient (Wildman–Crippen LogP) is 2.93. The summed E-state index contributed by atoms with van der Waals surface area (Å²) in [5, 5.41) is 10.5. The van der Waals surface area contributed by atoms with E-state index in [1.807, 2.05) is 11.4 Å². The average Bonchev–Trinajstić information content (AvgIpc) is 2.90. The summed E-state index contributed by atoms with van der Waals surface area (Å²) in [6.07, 6.45) is 2.03. The lowest BCUT2D eigenvalue weighted by Gasteiger charge is -2.19. The van der Waals surface area contributed by atoms with E-state index in [0.29, 0.717) is 0 Å². The van der Waals surface area contributed by atoms with E-state index < -0.39 is 10.0 Å². The number of nitrogen functional groups attached to an aromatic ring is 1. The number of anilines is 2. The highest BCUT2D eigenvalue weighted by molar-refractivity contribution is 7.89. The van der Waals surface area contributed by atoms with Crippen LogP contribution in [0.2, 0.25) is 0 Å². The van der Waals surface area contributed by atoms with Crippen molar-refractivity contribution >= 4 is 32.7 Å². The van der Waals surface area contributed by atoms with Crippen LogP contribution in [0.5, 0.6) is 0 Å². The molecule has 1 aromatic heterocycles. The van der Waals surface area contributed by atoms with Gasteiger partial charge >= 0.3 is 0 Å². The molecule has 5 nitrogen and oxygen atoms in total. The zero-order valence-electron chi connectivity index (χ0n) is 11.7. The molecule has 0 saturated heterocycles. The Morgan fingerprint density at radius 2 is 2.10 bits per heavy atom. The molecule has 0 spiro atoms. The van der Waals surface area contributed by atoms with Gasteiger partial charge in [0, 0.05) is 10.6 Å². The van der Waals surface area contributed by atoms with Gasteiger partial charge in [0.05, 0.1) is 11.7 Å². The minimum Gasteiger partial charge on any atom is -0.398 e. The second-order valence-corrected chi connectivity index (χ2v) is 7.31. The first kappa shape index (κ1) is 15.8. The highest BCUT2D eigenvalue weighted by Crippen LogP contribution is 2.29. The van der Waals surface area contributed by atoms with Gasteiger partial charge in [-0.25, -0.2) is 13.6 Å². The van der Waals surface area contributed by atoms with Crippen LogP contribution in [0.15, 0.2) is 40.6 Å². The number of benzene rings is 1. The van der Waals surface area contributed by atoms with Crippen LogP contribution >= 0.6 is 11.3 Å². The fraction of sp³-hybridized carbons (Fsp3) is 0.286. The van der Waals surface area contributed by atoms with Gasteiger partial charge in [0.2, 0.25) is 10.0 Å². The third-order valence-electron chi connectivity index (χ3n) is 3.12. The number of rotatable bonds is 6. The molecule has 2 aromatic rings. The van der Waals surface area contributed by atoms with Gasteiger partial charge < -0.3 is 11.1 Å². The van der Waals surface area contributed by atoms with E-state index >= 15 is 0 Å². The molecule has 114 valence electrons. The Bertz CT molecular complexity index is 697. The van der Waals surface area contributed by atoms with Gasteiger partial charge in [0.1, 0.15) is 4.90 Å². The van der Waals surface area contributed by atoms with Gasteiger partial charge in [-0.15, -0.1) is 11.3 Å². The molecule has 5 N–H and O–H groups in total. The van der Waals surface area contributed by atoms with E-state index in [0.717, 1.165) is 18.5 Å². The molecule has 0 bridgehead atoms. The van der Waals surface area contributed by atoms with Crippen molar-refractivity contribution in [2.24, 2.45) is 5.14 Å². The van der Waals surface area contributed by atoms with Crippen molar-refractivity contribution in [1.29, 1.82) is 0 Å². The molecular formula is C14H19N3O2S2. The summed E-state index contributed by atoms with van der Waals surface area (Å²) in [5.74, 6) is 0. The molecule has 1 aromatic carbocycles. The molecule has 2 rings (SSSR count). The summed E-state index contributed by atoms with van der Waals surface area (Å²) in [6.45, 7) is 2.13. The first-order valence-corrected chi connectivity index (χ1v) is 9.06. The minimum atomic E-state index is -3.78. The number of sulfonamides is 1. The number of nitrogens with two attached hydrogens (primary N) is 2. The maximum atomic E-state index is 11.4. The molecule has 0 amide bonds. The fourth-order valence-electron chi connectivity index (χ4n) is 2.16. The van der Waals surface area contributed by atoms with E-state index in [9.17, 15) is 8.42 Å². The first-order chi connectivity index (χ1) is 9.91. The fourth-order valence-corrected chi connectivity index (χ4v) is 3.62. The van der Waals surface area contributed by atoms with Crippen molar-refractivity contribution in [3.05, 3.63) is 40.6 Å². The SMILES string of the molecule is CCCC(Nc1ccc(S(N)(=O)=O)c(N)c1)c1cccs1. The Balaban J connectivity index is 2.24. The number of nitrogens with one attached hydrogen (secondary N) is 1. The minimum absolute atomic E-state index is 0.0452. The van der Waals surface area contributed by atoms with Crippen molar-refractivity contribution < 1.29 is 8.42 Å². The molecule has 0 aliphatic heterocycles. The number of hydrogen-bond acceptors (Lipinski definition) is 5. The zero-order chi connectivity index (χ0) is 15.5. The Labute approximate surface area is 129 Å². The molecule has 0 radical (unpaired) electrons. The summed E-state index contributed by atoms with van der Waals surface area (Å²) >= 11 is 1.69. The van der Waals surface area contributed by atoms with Crippen LogP contribution in [0.25, 0.3) is 0 Å². The molecule has 1 heterocycles. The molecule has 1 unspecified atom stereocenters. The summed E-state index contributed by atoms with van der Waals surface area (Å²) in [4.78, 5) is 1.20. The van der Waals surface area contributed by atoms with Crippen molar-refractivity contribution in [2.75, 3.05) is 11.1 Å². The number of hydrogen-bond donors (Lipinski definition) is 3. The first-order valence-electron chi connectivity index (χ1n) is 6.64. The summed E-state index contributed by atoms with van der Waals surface area (Å²) in [6, 6.07) is 9.02. The zero-order valence-corrected chi connectivity index (χ0v) is 13.4. The van der Waals surface area contributed by atoms with Gasteiger partial charge in [-0.05, 0) is 36.1 Å². The molecule has 21 heavy (non-hydrogen) atoms. The lowest BCUT2D eigenvalue weighted by Crippen LogP contribution is -2.15. The molecule has 1 atom stereocenters. The quantitative estimate of drug-likeness (QED) is 0.711. The van der Waals surface area contributed by atoms with Crippen LogP contribution in [0.1, 0.15) is 30.7 Å². The van der Waals surface area contributed by atoms with E-state index in [2.05, 4.69) is 18.3 Å². The molecule has 0 aliphatic carbocycles. The summed E-state index contributed by atoms with van der Waals surface area (Å²) in [7, 11) is -3.78. The van der Waals surface area contributed by atoms with E-state index in [1.54, 1.807) is 23.5 Å². The smallest absolute Gasteiger partial charge is 0.240 e. The Kier molecular flexibility index (Phi) is 4.87. The summed E-state index contributed by atoms with van der Waals surface area (Å²) < 4.78 is 22.7. The van der Waals surface area contributed by atoms with Crippen LogP contribution in [0.4, 0.5) is 11.4 Å². The lowest BCUT2D eigenvalue weighted by molar-refractivity contribution is 0.598. The largest absolute Gasteiger partial charge is 0.398 e. The molecule has 0 fully saturated rings.